The first-order valence-electron chi connectivity index (χ1n) is 7.24. The van der Waals surface area contributed by atoms with E-state index in [9.17, 15) is 9.59 Å². The topological polar surface area (TPSA) is 108 Å². The number of rotatable bonds is 6. The molecule has 2 rings (SSSR count). The van der Waals surface area contributed by atoms with Gasteiger partial charge in [0.25, 0.3) is 0 Å². The van der Waals surface area contributed by atoms with Crippen LogP contribution in [0, 0.1) is 5.92 Å². The number of nitrogens with one attached hydrogen (secondary N) is 2. The average Bonchev–Trinajstić information content (AvgIpc) is 2.87. The summed E-state index contributed by atoms with van der Waals surface area (Å²) in [6, 6.07) is 6.03. The molecule has 22 heavy (non-hydrogen) atoms. The van der Waals surface area contributed by atoms with E-state index >= 15 is 0 Å². The minimum absolute atomic E-state index is 0.207. The van der Waals surface area contributed by atoms with Gasteiger partial charge in [0, 0.05) is 17.1 Å². The van der Waals surface area contributed by atoms with Crippen LogP contribution in [-0.2, 0) is 16.0 Å². The van der Waals surface area contributed by atoms with Gasteiger partial charge in [0.1, 0.15) is 6.04 Å². The number of nitrogens with two attached hydrogens (primary N) is 1. The van der Waals surface area contributed by atoms with Crippen molar-refractivity contribution in [2.75, 3.05) is 0 Å². The number of aromatic nitrogens is 1. The van der Waals surface area contributed by atoms with Crippen molar-refractivity contribution in [2.45, 2.75) is 32.4 Å². The van der Waals surface area contributed by atoms with E-state index < -0.39 is 24.0 Å². The lowest BCUT2D eigenvalue weighted by molar-refractivity contribution is -0.143. The van der Waals surface area contributed by atoms with Gasteiger partial charge in [0.2, 0.25) is 5.91 Å². The lowest BCUT2D eigenvalue weighted by Gasteiger charge is -2.20. The van der Waals surface area contributed by atoms with Crippen molar-refractivity contribution < 1.29 is 14.7 Å². The van der Waals surface area contributed by atoms with Gasteiger partial charge in [-0.15, -0.1) is 0 Å². The van der Waals surface area contributed by atoms with Crippen LogP contribution in [0.15, 0.2) is 30.5 Å². The zero-order valence-electron chi connectivity index (χ0n) is 12.7. The number of amides is 1. The minimum Gasteiger partial charge on any atom is -0.480 e. The van der Waals surface area contributed by atoms with Crippen LogP contribution >= 0.6 is 0 Å². The molecule has 1 aromatic heterocycles. The summed E-state index contributed by atoms with van der Waals surface area (Å²) in [5.41, 5.74) is 7.85. The predicted molar refractivity (Wildman–Crippen MR) is 84.4 cm³/mol. The molecule has 1 heterocycles. The van der Waals surface area contributed by atoms with E-state index in [4.69, 9.17) is 10.8 Å². The Hall–Kier alpha value is -2.34. The molecule has 1 aromatic carbocycles. The van der Waals surface area contributed by atoms with Crippen molar-refractivity contribution in [1.82, 2.24) is 10.3 Å². The number of fused-ring (bicyclic) bond motifs is 1. The molecule has 0 spiro atoms. The van der Waals surface area contributed by atoms with Crippen molar-refractivity contribution in [3.8, 4) is 0 Å². The highest BCUT2D eigenvalue weighted by atomic mass is 16.4. The van der Waals surface area contributed by atoms with Crippen LogP contribution in [0.3, 0.4) is 0 Å². The molecule has 0 aliphatic rings. The van der Waals surface area contributed by atoms with E-state index in [1.165, 1.54) is 0 Å². The standard InChI is InChI=1S/C16H21N3O3/c1-9(2)14(16(21)22)19-15(20)12(17)7-10-8-18-13-6-4-3-5-11(10)13/h3-6,8-9,12,14,18H,7,17H2,1-2H3,(H,19,20)(H,21,22). The summed E-state index contributed by atoms with van der Waals surface area (Å²) in [6.07, 6.45) is 2.18. The van der Waals surface area contributed by atoms with Crippen molar-refractivity contribution >= 4 is 22.8 Å². The second kappa shape index (κ2) is 6.62. The summed E-state index contributed by atoms with van der Waals surface area (Å²) in [5, 5.41) is 12.6. The van der Waals surface area contributed by atoms with E-state index in [0.29, 0.717) is 6.42 Å². The number of hydrogen-bond donors (Lipinski definition) is 4. The van der Waals surface area contributed by atoms with Gasteiger partial charge < -0.3 is 21.1 Å². The zero-order chi connectivity index (χ0) is 16.3. The summed E-state index contributed by atoms with van der Waals surface area (Å²) in [5.74, 6) is -1.71. The predicted octanol–water partition coefficient (Wildman–Crippen LogP) is 1.26. The van der Waals surface area contributed by atoms with Gasteiger partial charge in [-0.2, -0.15) is 0 Å². The average molecular weight is 303 g/mol. The molecule has 0 aliphatic heterocycles. The highest BCUT2D eigenvalue weighted by Crippen LogP contribution is 2.18. The Morgan fingerprint density at radius 2 is 2.00 bits per heavy atom. The van der Waals surface area contributed by atoms with Crippen LogP contribution in [0.1, 0.15) is 19.4 Å². The summed E-state index contributed by atoms with van der Waals surface area (Å²) in [6.45, 7) is 3.48. The smallest absolute Gasteiger partial charge is 0.326 e. The fraction of sp³-hybridized carbons (Fsp3) is 0.375. The van der Waals surface area contributed by atoms with Gasteiger partial charge in [0.15, 0.2) is 0 Å². The van der Waals surface area contributed by atoms with Crippen LogP contribution < -0.4 is 11.1 Å². The van der Waals surface area contributed by atoms with Crippen LogP contribution in [-0.4, -0.2) is 34.1 Å². The molecular weight excluding hydrogens is 282 g/mol. The summed E-state index contributed by atoms with van der Waals surface area (Å²) in [7, 11) is 0. The number of carboxylic acid groups (broad SMARTS) is 1. The van der Waals surface area contributed by atoms with Gasteiger partial charge >= 0.3 is 5.97 Å². The largest absolute Gasteiger partial charge is 0.480 e. The number of carbonyl (C=O) groups excluding carboxylic acids is 1. The molecule has 0 saturated heterocycles. The normalized spacial score (nSPS) is 14.0. The fourth-order valence-corrected chi connectivity index (χ4v) is 2.40. The molecule has 2 unspecified atom stereocenters. The maximum atomic E-state index is 12.1. The number of aromatic amines is 1. The Balaban J connectivity index is 2.06. The molecule has 2 aromatic rings. The Kier molecular flexibility index (Phi) is 4.82. The Bertz CT molecular complexity index is 678. The van der Waals surface area contributed by atoms with Crippen molar-refractivity contribution in [2.24, 2.45) is 11.7 Å². The van der Waals surface area contributed by atoms with Crippen LogP contribution in [0.5, 0.6) is 0 Å². The van der Waals surface area contributed by atoms with Gasteiger partial charge in [-0.3, -0.25) is 4.79 Å². The van der Waals surface area contributed by atoms with E-state index in [2.05, 4.69) is 10.3 Å². The van der Waals surface area contributed by atoms with E-state index in [0.717, 1.165) is 16.5 Å². The summed E-state index contributed by atoms with van der Waals surface area (Å²) in [4.78, 5) is 26.4. The SMILES string of the molecule is CC(C)C(NC(=O)C(N)Cc1c[nH]c2ccccc12)C(=O)O. The number of H-pyrrole nitrogens is 1. The maximum Gasteiger partial charge on any atom is 0.326 e. The second-order valence-electron chi connectivity index (χ2n) is 5.74. The number of carbonyl (C=O) groups is 2. The van der Waals surface area contributed by atoms with Crippen molar-refractivity contribution in [3.05, 3.63) is 36.0 Å². The fourth-order valence-electron chi connectivity index (χ4n) is 2.40. The van der Waals surface area contributed by atoms with Crippen LogP contribution in [0.4, 0.5) is 0 Å². The molecular formula is C16H21N3O3. The molecule has 6 heteroatoms. The Morgan fingerprint density at radius 1 is 1.32 bits per heavy atom. The third-order valence-corrected chi connectivity index (χ3v) is 3.68. The number of aliphatic carboxylic acids is 1. The van der Waals surface area contributed by atoms with Gasteiger partial charge in [-0.25, -0.2) is 4.79 Å². The van der Waals surface area contributed by atoms with Gasteiger partial charge in [-0.1, -0.05) is 32.0 Å². The monoisotopic (exact) mass is 303 g/mol. The molecule has 118 valence electrons. The molecule has 5 N–H and O–H groups in total. The van der Waals surface area contributed by atoms with Crippen molar-refractivity contribution in [1.29, 1.82) is 0 Å². The number of hydrogen-bond acceptors (Lipinski definition) is 3. The molecule has 0 bridgehead atoms. The molecule has 2 atom stereocenters. The number of para-hydroxylation sites is 1. The maximum absolute atomic E-state index is 12.1. The third-order valence-electron chi connectivity index (χ3n) is 3.68. The lowest BCUT2D eigenvalue weighted by Crippen LogP contribution is -2.51. The molecule has 0 aliphatic carbocycles. The minimum atomic E-state index is -1.05. The van der Waals surface area contributed by atoms with Gasteiger partial charge in [0.05, 0.1) is 6.04 Å². The number of benzene rings is 1. The van der Waals surface area contributed by atoms with E-state index in [-0.39, 0.29) is 5.92 Å². The molecule has 0 radical (unpaired) electrons. The van der Waals surface area contributed by atoms with Gasteiger partial charge in [-0.05, 0) is 24.0 Å². The quantitative estimate of drug-likeness (QED) is 0.644. The molecule has 6 nitrogen and oxygen atoms in total. The van der Waals surface area contributed by atoms with Crippen LogP contribution in [0.2, 0.25) is 0 Å². The second-order valence-corrected chi connectivity index (χ2v) is 5.74. The Labute approximate surface area is 128 Å². The van der Waals surface area contributed by atoms with Crippen molar-refractivity contribution in [3.63, 3.8) is 0 Å². The third kappa shape index (κ3) is 3.46. The highest BCUT2D eigenvalue weighted by molar-refractivity contribution is 5.88. The first-order valence-corrected chi connectivity index (χ1v) is 7.24. The zero-order valence-corrected chi connectivity index (χ0v) is 12.7. The first-order chi connectivity index (χ1) is 10.4. The molecule has 0 fully saturated rings. The first kappa shape index (κ1) is 16.0. The molecule has 1 amide bonds. The summed E-state index contributed by atoms with van der Waals surface area (Å²) < 4.78 is 0. The number of carboxylic acids is 1. The van der Waals surface area contributed by atoms with E-state index in [1.807, 2.05) is 30.5 Å². The highest BCUT2D eigenvalue weighted by Gasteiger charge is 2.26. The lowest BCUT2D eigenvalue weighted by atomic mass is 10.0. The Morgan fingerprint density at radius 3 is 2.64 bits per heavy atom. The summed E-state index contributed by atoms with van der Waals surface area (Å²) >= 11 is 0. The van der Waals surface area contributed by atoms with E-state index in [1.54, 1.807) is 13.8 Å². The molecule has 0 saturated carbocycles. The van der Waals surface area contributed by atoms with Crippen LogP contribution in [0.25, 0.3) is 10.9 Å².